The summed E-state index contributed by atoms with van der Waals surface area (Å²) in [6.45, 7) is 6.89. The fourth-order valence-corrected chi connectivity index (χ4v) is 4.82. The topological polar surface area (TPSA) is 24.5 Å². The van der Waals surface area contributed by atoms with Gasteiger partial charge in [0, 0.05) is 36.8 Å². The molecule has 0 aromatic rings. The Labute approximate surface area is 117 Å². The minimum atomic E-state index is 0.371. The second-order valence-electron chi connectivity index (χ2n) is 7.62. The van der Waals surface area contributed by atoms with Crippen molar-refractivity contribution in [2.75, 3.05) is 26.3 Å². The van der Waals surface area contributed by atoms with Gasteiger partial charge in [-0.3, -0.25) is 4.90 Å². The van der Waals surface area contributed by atoms with Crippen molar-refractivity contribution in [1.29, 1.82) is 0 Å². The standard InChI is InChI=1S/C16H28N2O/c1-15(13-4-5-13)12-18(14-6-9-19-10-14)16(11-17-15)7-2-3-8-16/h13-14,17H,2-12H2,1H3. The Bertz CT molecular complexity index is 343. The molecule has 4 fully saturated rings. The lowest BCUT2D eigenvalue weighted by molar-refractivity contribution is -0.0281. The number of piperazine rings is 1. The summed E-state index contributed by atoms with van der Waals surface area (Å²) in [6, 6.07) is 0.693. The van der Waals surface area contributed by atoms with Crippen LogP contribution in [-0.4, -0.2) is 48.3 Å². The third-order valence-corrected chi connectivity index (χ3v) is 6.29. The molecule has 3 nitrogen and oxygen atoms in total. The van der Waals surface area contributed by atoms with Crippen LogP contribution in [0.3, 0.4) is 0 Å². The van der Waals surface area contributed by atoms with Gasteiger partial charge in [0.2, 0.25) is 0 Å². The molecule has 0 amide bonds. The summed E-state index contributed by atoms with van der Waals surface area (Å²) in [5.74, 6) is 0.927. The maximum absolute atomic E-state index is 5.70. The summed E-state index contributed by atoms with van der Waals surface area (Å²) >= 11 is 0. The zero-order valence-corrected chi connectivity index (χ0v) is 12.3. The summed E-state index contributed by atoms with van der Waals surface area (Å²) in [6.07, 6.45) is 9.77. The Balaban J connectivity index is 1.59. The molecular formula is C16H28N2O. The van der Waals surface area contributed by atoms with Crippen LogP contribution in [0.15, 0.2) is 0 Å². The fraction of sp³-hybridized carbons (Fsp3) is 1.00. The number of rotatable bonds is 2. The molecule has 2 aliphatic heterocycles. The molecule has 0 radical (unpaired) electrons. The van der Waals surface area contributed by atoms with Gasteiger partial charge in [0.1, 0.15) is 0 Å². The van der Waals surface area contributed by atoms with Gasteiger partial charge in [-0.25, -0.2) is 0 Å². The fourth-order valence-electron chi connectivity index (χ4n) is 4.82. The van der Waals surface area contributed by atoms with Crippen LogP contribution < -0.4 is 5.32 Å². The highest BCUT2D eigenvalue weighted by atomic mass is 16.5. The first-order chi connectivity index (χ1) is 9.22. The molecular weight excluding hydrogens is 236 g/mol. The molecule has 1 N–H and O–H groups in total. The van der Waals surface area contributed by atoms with Gasteiger partial charge < -0.3 is 10.1 Å². The van der Waals surface area contributed by atoms with Gasteiger partial charge in [-0.1, -0.05) is 12.8 Å². The van der Waals surface area contributed by atoms with Crippen molar-refractivity contribution in [1.82, 2.24) is 10.2 Å². The SMILES string of the molecule is CC1(C2CC2)CN(C2CCOC2)C2(CCCC2)CN1. The van der Waals surface area contributed by atoms with Crippen molar-refractivity contribution in [3.05, 3.63) is 0 Å². The Morgan fingerprint density at radius 1 is 1.16 bits per heavy atom. The summed E-state index contributed by atoms with van der Waals surface area (Å²) < 4.78 is 5.70. The van der Waals surface area contributed by atoms with Crippen LogP contribution in [0.2, 0.25) is 0 Å². The molecule has 4 rings (SSSR count). The number of hydrogen-bond acceptors (Lipinski definition) is 3. The van der Waals surface area contributed by atoms with E-state index in [0.717, 1.165) is 19.1 Å². The van der Waals surface area contributed by atoms with Gasteiger partial charge >= 0.3 is 0 Å². The zero-order valence-electron chi connectivity index (χ0n) is 12.3. The van der Waals surface area contributed by atoms with Crippen molar-refractivity contribution in [3.63, 3.8) is 0 Å². The zero-order chi connectivity index (χ0) is 12.9. The second-order valence-corrected chi connectivity index (χ2v) is 7.62. The van der Waals surface area contributed by atoms with Gasteiger partial charge in [0.05, 0.1) is 6.61 Å². The maximum Gasteiger partial charge on any atom is 0.0622 e. The van der Waals surface area contributed by atoms with E-state index in [1.165, 1.54) is 58.0 Å². The van der Waals surface area contributed by atoms with Crippen molar-refractivity contribution in [2.24, 2.45) is 5.92 Å². The predicted octanol–water partition coefficient (Wildman–Crippen LogP) is 2.16. The maximum atomic E-state index is 5.70. The van der Waals surface area contributed by atoms with Crippen molar-refractivity contribution < 1.29 is 4.74 Å². The van der Waals surface area contributed by atoms with Gasteiger partial charge in [0.25, 0.3) is 0 Å². The van der Waals surface area contributed by atoms with E-state index >= 15 is 0 Å². The molecule has 2 heterocycles. The van der Waals surface area contributed by atoms with Gasteiger partial charge in [-0.15, -0.1) is 0 Å². The molecule has 3 heteroatoms. The summed E-state index contributed by atoms with van der Waals surface area (Å²) in [4.78, 5) is 2.89. The quantitative estimate of drug-likeness (QED) is 0.827. The van der Waals surface area contributed by atoms with E-state index in [1.807, 2.05) is 0 Å². The molecule has 0 aromatic heterocycles. The summed E-state index contributed by atoms with van der Waals surface area (Å²) in [7, 11) is 0. The minimum absolute atomic E-state index is 0.371. The molecule has 2 unspecified atom stereocenters. The Hall–Kier alpha value is -0.120. The first-order valence-corrected chi connectivity index (χ1v) is 8.31. The van der Waals surface area contributed by atoms with Crippen LogP contribution in [0.4, 0.5) is 0 Å². The highest BCUT2D eigenvalue weighted by Gasteiger charge is 2.53. The molecule has 0 bridgehead atoms. The normalized spacial score (nSPS) is 43.1. The van der Waals surface area contributed by atoms with Crippen LogP contribution in [0.1, 0.15) is 51.9 Å². The molecule has 2 aliphatic carbocycles. The van der Waals surface area contributed by atoms with E-state index < -0.39 is 0 Å². The molecule has 19 heavy (non-hydrogen) atoms. The monoisotopic (exact) mass is 264 g/mol. The van der Waals surface area contributed by atoms with Gasteiger partial charge in [-0.2, -0.15) is 0 Å². The third kappa shape index (κ3) is 2.05. The summed E-state index contributed by atoms with van der Waals surface area (Å²) in [5, 5.41) is 3.96. The number of ether oxygens (including phenoxy) is 1. The molecule has 2 atom stereocenters. The average Bonchev–Trinajstić information content (AvgIpc) is 2.97. The smallest absolute Gasteiger partial charge is 0.0622 e. The van der Waals surface area contributed by atoms with Crippen LogP contribution >= 0.6 is 0 Å². The lowest BCUT2D eigenvalue weighted by Gasteiger charge is -2.55. The predicted molar refractivity (Wildman–Crippen MR) is 76.3 cm³/mol. The number of hydrogen-bond donors (Lipinski definition) is 1. The molecule has 2 saturated heterocycles. The number of nitrogens with zero attached hydrogens (tertiary/aromatic N) is 1. The Morgan fingerprint density at radius 3 is 2.58 bits per heavy atom. The van der Waals surface area contributed by atoms with E-state index in [2.05, 4.69) is 17.1 Å². The van der Waals surface area contributed by atoms with Crippen LogP contribution in [0.25, 0.3) is 0 Å². The molecule has 4 aliphatic rings. The van der Waals surface area contributed by atoms with E-state index in [4.69, 9.17) is 4.74 Å². The molecule has 1 spiro atoms. The minimum Gasteiger partial charge on any atom is -0.380 e. The van der Waals surface area contributed by atoms with E-state index in [9.17, 15) is 0 Å². The van der Waals surface area contributed by atoms with E-state index in [1.54, 1.807) is 0 Å². The second kappa shape index (κ2) is 4.44. The van der Waals surface area contributed by atoms with E-state index in [-0.39, 0.29) is 0 Å². The first-order valence-electron chi connectivity index (χ1n) is 8.31. The van der Waals surface area contributed by atoms with E-state index in [0.29, 0.717) is 17.1 Å². The van der Waals surface area contributed by atoms with Crippen LogP contribution in [0, 0.1) is 5.92 Å². The molecule has 108 valence electrons. The third-order valence-electron chi connectivity index (χ3n) is 6.29. The summed E-state index contributed by atoms with van der Waals surface area (Å²) in [5.41, 5.74) is 0.837. The lowest BCUT2D eigenvalue weighted by Crippen LogP contribution is -2.71. The van der Waals surface area contributed by atoms with Crippen LogP contribution in [-0.2, 0) is 4.74 Å². The lowest BCUT2D eigenvalue weighted by atomic mass is 9.82. The number of nitrogens with one attached hydrogen (secondary N) is 1. The average molecular weight is 264 g/mol. The first kappa shape index (κ1) is 12.6. The van der Waals surface area contributed by atoms with Crippen LogP contribution in [0.5, 0.6) is 0 Å². The van der Waals surface area contributed by atoms with Gasteiger partial charge in [0.15, 0.2) is 0 Å². The molecule has 2 saturated carbocycles. The Kier molecular flexibility index (Phi) is 2.95. The molecule has 0 aromatic carbocycles. The highest BCUT2D eigenvalue weighted by Crippen LogP contribution is 2.47. The van der Waals surface area contributed by atoms with Crippen molar-refractivity contribution >= 4 is 0 Å². The van der Waals surface area contributed by atoms with Crippen molar-refractivity contribution in [2.45, 2.75) is 69.0 Å². The van der Waals surface area contributed by atoms with Crippen molar-refractivity contribution in [3.8, 4) is 0 Å². The largest absolute Gasteiger partial charge is 0.380 e. The Morgan fingerprint density at radius 2 is 1.95 bits per heavy atom. The highest BCUT2D eigenvalue weighted by molar-refractivity contribution is 5.11. The van der Waals surface area contributed by atoms with Gasteiger partial charge in [-0.05, 0) is 44.9 Å².